The van der Waals surface area contributed by atoms with E-state index in [0.29, 0.717) is 25.3 Å². The van der Waals surface area contributed by atoms with Crippen molar-refractivity contribution in [3.05, 3.63) is 29.6 Å². The number of aromatic nitrogens is 1. The Morgan fingerprint density at radius 1 is 1.60 bits per heavy atom. The minimum absolute atomic E-state index is 0.235. The van der Waals surface area contributed by atoms with Crippen LogP contribution in [-0.2, 0) is 6.54 Å². The standard InChI is InChI=1S/C10H12N2O3/c13-7-4-12(5-7)6-9-8(10(14)15)2-1-3-11-9/h1-3,7,13H,4-6H2,(H,14,15). The maximum absolute atomic E-state index is 10.9. The lowest BCUT2D eigenvalue weighted by atomic mass is 10.1. The number of pyridine rings is 1. The maximum atomic E-state index is 10.9. The molecule has 0 radical (unpaired) electrons. The second kappa shape index (κ2) is 3.96. The monoisotopic (exact) mass is 208 g/mol. The molecule has 80 valence electrons. The summed E-state index contributed by atoms with van der Waals surface area (Å²) in [6.45, 7) is 1.67. The minimum Gasteiger partial charge on any atom is -0.478 e. The first-order valence-electron chi connectivity index (χ1n) is 4.74. The van der Waals surface area contributed by atoms with Crippen molar-refractivity contribution >= 4 is 5.97 Å². The summed E-state index contributed by atoms with van der Waals surface area (Å²) in [5.74, 6) is -0.959. The molecule has 1 aromatic heterocycles. The molecule has 0 saturated carbocycles. The minimum atomic E-state index is -0.959. The molecule has 2 N–H and O–H groups in total. The summed E-state index contributed by atoms with van der Waals surface area (Å²) in [6, 6.07) is 3.15. The Balaban J connectivity index is 2.10. The molecule has 0 aromatic carbocycles. The van der Waals surface area contributed by atoms with Gasteiger partial charge in [0.15, 0.2) is 0 Å². The molecule has 1 aliphatic rings. The number of rotatable bonds is 3. The first kappa shape index (κ1) is 10.1. The van der Waals surface area contributed by atoms with Crippen molar-refractivity contribution in [1.29, 1.82) is 0 Å². The van der Waals surface area contributed by atoms with Crippen LogP contribution in [0, 0.1) is 0 Å². The summed E-state index contributed by atoms with van der Waals surface area (Å²) < 4.78 is 0. The maximum Gasteiger partial charge on any atom is 0.337 e. The Morgan fingerprint density at radius 3 is 2.93 bits per heavy atom. The second-order valence-corrected chi connectivity index (χ2v) is 3.65. The van der Waals surface area contributed by atoms with Gasteiger partial charge in [0.25, 0.3) is 0 Å². The van der Waals surface area contributed by atoms with E-state index in [0.717, 1.165) is 0 Å². The van der Waals surface area contributed by atoms with Gasteiger partial charge in [-0.3, -0.25) is 9.88 Å². The first-order valence-corrected chi connectivity index (χ1v) is 4.74. The summed E-state index contributed by atoms with van der Waals surface area (Å²) in [6.07, 6.45) is 1.31. The Hall–Kier alpha value is -1.46. The number of carbonyl (C=O) groups is 1. The van der Waals surface area contributed by atoms with Crippen molar-refractivity contribution in [2.45, 2.75) is 12.6 Å². The summed E-state index contributed by atoms with van der Waals surface area (Å²) >= 11 is 0. The average Bonchev–Trinajstić information content (AvgIpc) is 2.16. The van der Waals surface area contributed by atoms with Gasteiger partial charge in [-0.1, -0.05) is 0 Å². The smallest absolute Gasteiger partial charge is 0.337 e. The number of carboxylic acids is 1. The highest BCUT2D eigenvalue weighted by Crippen LogP contribution is 2.14. The van der Waals surface area contributed by atoms with E-state index in [1.54, 1.807) is 18.3 Å². The van der Waals surface area contributed by atoms with Gasteiger partial charge in [-0.2, -0.15) is 0 Å². The van der Waals surface area contributed by atoms with Gasteiger partial charge in [-0.15, -0.1) is 0 Å². The normalized spacial score (nSPS) is 17.4. The molecule has 2 heterocycles. The largest absolute Gasteiger partial charge is 0.478 e. The highest BCUT2D eigenvalue weighted by molar-refractivity contribution is 5.88. The average molecular weight is 208 g/mol. The Bertz CT molecular complexity index is 375. The predicted octanol–water partition coefficient (Wildman–Crippen LogP) is -0.0437. The molecule has 2 rings (SSSR count). The molecule has 0 unspecified atom stereocenters. The lowest BCUT2D eigenvalue weighted by molar-refractivity contribution is -0.00371. The highest BCUT2D eigenvalue weighted by atomic mass is 16.4. The van der Waals surface area contributed by atoms with Crippen molar-refractivity contribution < 1.29 is 15.0 Å². The number of aliphatic hydroxyl groups is 1. The lowest BCUT2D eigenvalue weighted by Gasteiger charge is -2.35. The number of carboxylic acid groups (broad SMARTS) is 1. The summed E-state index contributed by atoms with van der Waals surface area (Å²) in [7, 11) is 0. The van der Waals surface area contributed by atoms with Crippen LogP contribution in [0.15, 0.2) is 18.3 Å². The van der Waals surface area contributed by atoms with Crippen LogP contribution in [-0.4, -0.2) is 45.3 Å². The van der Waals surface area contributed by atoms with Crippen LogP contribution in [0.4, 0.5) is 0 Å². The number of likely N-dealkylation sites (tertiary alicyclic amines) is 1. The number of aromatic carboxylic acids is 1. The van der Waals surface area contributed by atoms with Crippen LogP contribution in [0.2, 0.25) is 0 Å². The van der Waals surface area contributed by atoms with Gasteiger partial charge < -0.3 is 10.2 Å². The van der Waals surface area contributed by atoms with Gasteiger partial charge in [-0.05, 0) is 12.1 Å². The van der Waals surface area contributed by atoms with Crippen LogP contribution >= 0.6 is 0 Å². The van der Waals surface area contributed by atoms with Crippen molar-refractivity contribution in [2.75, 3.05) is 13.1 Å². The molecule has 1 saturated heterocycles. The van der Waals surface area contributed by atoms with Crippen molar-refractivity contribution in [1.82, 2.24) is 9.88 Å². The Kier molecular flexibility index (Phi) is 2.66. The molecule has 5 heteroatoms. The number of hydrogen-bond acceptors (Lipinski definition) is 4. The summed E-state index contributed by atoms with van der Waals surface area (Å²) in [5, 5.41) is 18.0. The zero-order valence-corrected chi connectivity index (χ0v) is 8.13. The third-order valence-corrected chi connectivity index (χ3v) is 2.43. The van der Waals surface area contributed by atoms with Gasteiger partial charge >= 0.3 is 5.97 Å². The van der Waals surface area contributed by atoms with E-state index in [9.17, 15) is 4.79 Å². The Labute approximate surface area is 87.0 Å². The van der Waals surface area contributed by atoms with Crippen LogP contribution < -0.4 is 0 Å². The van der Waals surface area contributed by atoms with Crippen LogP contribution in [0.25, 0.3) is 0 Å². The van der Waals surface area contributed by atoms with E-state index < -0.39 is 5.97 Å². The molecule has 15 heavy (non-hydrogen) atoms. The fourth-order valence-corrected chi connectivity index (χ4v) is 1.64. The van der Waals surface area contributed by atoms with E-state index in [-0.39, 0.29) is 11.7 Å². The molecule has 0 amide bonds. The van der Waals surface area contributed by atoms with E-state index in [1.165, 1.54) is 0 Å². The van der Waals surface area contributed by atoms with E-state index in [1.807, 2.05) is 4.90 Å². The molecule has 1 fully saturated rings. The van der Waals surface area contributed by atoms with E-state index in [4.69, 9.17) is 10.2 Å². The third kappa shape index (κ3) is 2.14. The number of aliphatic hydroxyl groups excluding tert-OH is 1. The molecule has 1 aromatic rings. The number of β-amino-alcohol motifs (C(OH)–C–C–N with tert-alkyl or cyclic N) is 1. The zero-order valence-electron chi connectivity index (χ0n) is 8.13. The quantitative estimate of drug-likeness (QED) is 0.729. The highest BCUT2D eigenvalue weighted by Gasteiger charge is 2.25. The zero-order chi connectivity index (χ0) is 10.8. The molecular weight excluding hydrogens is 196 g/mol. The predicted molar refractivity (Wildman–Crippen MR) is 52.5 cm³/mol. The molecule has 5 nitrogen and oxygen atoms in total. The number of nitrogens with zero attached hydrogens (tertiary/aromatic N) is 2. The SMILES string of the molecule is O=C(O)c1cccnc1CN1CC(O)C1. The van der Waals surface area contributed by atoms with Crippen LogP contribution in [0.3, 0.4) is 0 Å². The van der Waals surface area contributed by atoms with Gasteiger partial charge in [0.1, 0.15) is 0 Å². The van der Waals surface area contributed by atoms with E-state index in [2.05, 4.69) is 4.98 Å². The summed E-state index contributed by atoms with van der Waals surface area (Å²) in [5.41, 5.74) is 0.788. The fourth-order valence-electron chi connectivity index (χ4n) is 1.64. The molecule has 0 spiro atoms. The van der Waals surface area contributed by atoms with Crippen molar-refractivity contribution in [2.24, 2.45) is 0 Å². The molecule has 0 atom stereocenters. The number of hydrogen-bond donors (Lipinski definition) is 2. The van der Waals surface area contributed by atoms with Crippen LogP contribution in [0.5, 0.6) is 0 Å². The fraction of sp³-hybridized carbons (Fsp3) is 0.400. The topological polar surface area (TPSA) is 73.7 Å². The molecular formula is C10H12N2O3. The molecule has 0 bridgehead atoms. The summed E-state index contributed by atoms with van der Waals surface area (Å²) in [4.78, 5) is 16.9. The third-order valence-electron chi connectivity index (χ3n) is 2.43. The van der Waals surface area contributed by atoms with Crippen LogP contribution in [0.1, 0.15) is 16.1 Å². The Morgan fingerprint density at radius 2 is 2.33 bits per heavy atom. The van der Waals surface area contributed by atoms with Gasteiger partial charge in [-0.25, -0.2) is 4.79 Å². The van der Waals surface area contributed by atoms with E-state index >= 15 is 0 Å². The van der Waals surface area contributed by atoms with Gasteiger partial charge in [0, 0.05) is 25.8 Å². The van der Waals surface area contributed by atoms with Gasteiger partial charge in [0.2, 0.25) is 0 Å². The lowest BCUT2D eigenvalue weighted by Crippen LogP contribution is -2.50. The molecule has 1 aliphatic heterocycles. The first-order chi connectivity index (χ1) is 7.16. The molecule has 0 aliphatic carbocycles. The van der Waals surface area contributed by atoms with Gasteiger partial charge in [0.05, 0.1) is 17.4 Å². The second-order valence-electron chi connectivity index (χ2n) is 3.65. The van der Waals surface area contributed by atoms with Crippen molar-refractivity contribution in [3.63, 3.8) is 0 Å². The van der Waals surface area contributed by atoms with Crippen molar-refractivity contribution in [3.8, 4) is 0 Å².